The summed E-state index contributed by atoms with van der Waals surface area (Å²) in [6.07, 6.45) is 44.2. The van der Waals surface area contributed by atoms with Crippen LogP contribution >= 0.6 is 0 Å². The summed E-state index contributed by atoms with van der Waals surface area (Å²) in [6.45, 7) is 4.29. The Balaban J connectivity index is 2.07. The standard InChI is InChI=1S/C56H105NO10/c1-3-5-7-9-11-13-23-28-32-36-40-44-52(61)65-45-41-37-33-29-25-22-20-18-16-14-15-17-19-21-24-27-31-35-39-43-51(60)57-48(49(59)42-38-34-30-26-12-10-8-6-4-2)47-66-56-55(64)54(63)53(62)50(46-58)67-56/h14-15,38,42,48-50,53-56,58-59,62-64H,3-13,16-37,39-41,43-47H2,1-2H3,(H,57,60)/b15-14-,42-38+. The van der Waals surface area contributed by atoms with Gasteiger partial charge in [-0.15, -0.1) is 0 Å². The molecule has 67 heavy (non-hydrogen) atoms. The number of carbonyl (C=O) groups excluding carboxylic acids is 2. The number of nitrogens with one attached hydrogen (secondary N) is 1. The largest absolute Gasteiger partial charge is 0.466 e. The third-order valence-corrected chi connectivity index (χ3v) is 13.3. The summed E-state index contributed by atoms with van der Waals surface area (Å²) >= 11 is 0. The molecule has 11 nitrogen and oxygen atoms in total. The lowest BCUT2D eigenvalue weighted by atomic mass is 9.99. The minimum atomic E-state index is -1.57. The van der Waals surface area contributed by atoms with Gasteiger partial charge in [-0.3, -0.25) is 9.59 Å². The van der Waals surface area contributed by atoms with E-state index in [1.165, 1.54) is 154 Å². The number of hydrogen-bond acceptors (Lipinski definition) is 10. The predicted molar refractivity (Wildman–Crippen MR) is 274 cm³/mol. The van der Waals surface area contributed by atoms with E-state index >= 15 is 0 Å². The minimum absolute atomic E-state index is 0.0115. The molecule has 7 atom stereocenters. The zero-order chi connectivity index (χ0) is 48.8. The van der Waals surface area contributed by atoms with E-state index < -0.39 is 49.5 Å². The molecule has 1 rings (SSSR count). The molecule has 6 N–H and O–H groups in total. The van der Waals surface area contributed by atoms with Gasteiger partial charge in [-0.1, -0.05) is 212 Å². The first kappa shape index (κ1) is 63.2. The fourth-order valence-electron chi connectivity index (χ4n) is 8.78. The second-order valence-electron chi connectivity index (χ2n) is 19.6. The van der Waals surface area contributed by atoms with Gasteiger partial charge in [0.15, 0.2) is 6.29 Å². The molecule has 394 valence electrons. The van der Waals surface area contributed by atoms with E-state index in [1.54, 1.807) is 6.08 Å². The minimum Gasteiger partial charge on any atom is -0.466 e. The molecule has 0 saturated carbocycles. The molecule has 0 bridgehead atoms. The number of aliphatic hydroxyl groups is 5. The van der Waals surface area contributed by atoms with Crippen LogP contribution in [0.15, 0.2) is 24.3 Å². The fourth-order valence-corrected chi connectivity index (χ4v) is 8.78. The van der Waals surface area contributed by atoms with Crippen LogP contribution in [0.4, 0.5) is 0 Å². The topological polar surface area (TPSA) is 175 Å². The summed E-state index contributed by atoms with van der Waals surface area (Å²) < 4.78 is 16.6. The zero-order valence-corrected chi connectivity index (χ0v) is 43.1. The van der Waals surface area contributed by atoms with Crippen molar-refractivity contribution in [2.45, 2.75) is 301 Å². The first-order valence-corrected chi connectivity index (χ1v) is 28.1. The molecule has 0 spiro atoms. The monoisotopic (exact) mass is 952 g/mol. The van der Waals surface area contributed by atoms with Gasteiger partial charge in [0, 0.05) is 12.8 Å². The Bertz CT molecular complexity index is 1170. The van der Waals surface area contributed by atoms with E-state index in [-0.39, 0.29) is 18.5 Å². The summed E-state index contributed by atoms with van der Waals surface area (Å²) in [5, 5.41) is 54.1. The van der Waals surface area contributed by atoms with Gasteiger partial charge in [-0.25, -0.2) is 0 Å². The van der Waals surface area contributed by atoms with Crippen LogP contribution in [0.1, 0.15) is 258 Å². The lowest BCUT2D eigenvalue weighted by Crippen LogP contribution is -2.60. The van der Waals surface area contributed by atoms with Crippen molar-refractivity contribution >= 4 is 11.9 Å². The van der Waals surface area contributed by atoms with Crippen LogP contribution in [0.5, 0.6) is 0 Å². The lowest BCUT2D eigenvalue weighted by molar-refractivity contribution is -0.302. The van der Waals surface area contributed by atoms with Crippen molar-refractivity contribution in [3.05, 3.63) is 24.3 Å². The maximum atomic E-state index is 13.0. The maximum absolute atomic E-state index is 13.0. The van der Waals surface area contributed by atoms with Crippen LogP contribution < -0.4 is 5.32 Å². The molecular weight excluding hydrogens is 847 g/mol. The molecule has 1 saturated heterocycles. The van der Waals surface area contributed by atoms with E-state index in [0.717, 1.165) is 77.0 Å². The lowest BCUT2D eigenvalue weighted by Gasteiger charge is -2.40. The first-order valence-electron chi connectivity index (χ1n) is 28.1. The maximum Gasteiger partial charge on any atom is 0.305 e. The summed E-state index contributed by atoms with van der Waals surface area (Å²) in [4.78, 5) is 25.0. The van der Waals surface area contributed by atoms with Gasteiger partial charge in [0.1, 0.15) is 24.4 Å². The van der Waals surface area contributed by atoms with Crippen molar-refractivity contribution in [3.63, 3.8) is 0 Å². The average molecular weight is 952 g/mol. The molecule has 1 aliphatic heterocycles. The van der Waals surface area contributed by atoms with E-state index in [1.807, 2.05) is 6.08 Å². The molecule has 0 aromatic carbocycles. The Morgan fingerprint density at radius 1 is 0.537 bits per heavy atom. The fraction of sp³-hybridized carbons (Fsp3) is 0.893. The van der Waals surface area contributed by atoms with E-state index in [0.29, 0.717) is 19.4 Å². The van der Waals surface area contributed by atoms with Crippen molar-refractivity contribution in [2.75, 3.05) is 19.8 Å². The van der Waals surface area contributed by atoms with Gasteiger partial charge in [-0.05, 0) is 57.8 Å². The Morgan fingerprint density at radius 3 is 1.43 bits per heavy atom. The zero-order valence-electron chi connectivity index (χ0n) is 43.1. The molecular formula is C56H105NO10. The van der Waals surface area contributed by atoms with Crippen molar-refractivity contribution in [1.29, 1.82) is 0 Å². The first-order chi connectivity index (χ1) is 32.7. The van der Waals surface area contributed by atoms with Gasteiger partial charge < -0.3 is 45.1 Å². The highest BCUT2D eigenvalue weighted by Gasteiger charge is 2.44. The Morgan fingerprint density at radius 2 is 0.955 bits per heavy atom. The second kappa shape index (κ2) is 46.5. The number of amides is 1. The highest BCUT2D eigenvalue weighted by Crippen LogP contribution is 2.23. The van der Waals surface area contributed by atoms with Crippen LogP contribution in [-0.2, 0) is 23.8 Å². The average Bonchev–Trinajstić information content (AvgIpc) is 3.32. The summed E-state index contributed by atoms with van der Waals surface area (Å²) in [5.74, 6) is -0.205. The quantitative estimate of drug-likeness (QED) is 0.0196. The molecule has 7 unspecified atom stereocenters. The van der Waals surface area contributed by atoms with E-state index in [4.69, 9.17) is 14.2 Å². The number of unbranched alkanes of at least 4 members (excludes halogenated alkanes) is 32. The number of allylic oxidation sites excluding steroid dienone is 3. The molecule has 0 aliphatic carbocycles. The molecule has 1 amide bonds. The van der Waals surface area contributed by atoms with Gasteiger partial charge in [0.25, 0.3) is 0 Å². The van der Waals surface area contributed by atoms with E-state index in [9.17, 15) is 35.1 Å². The predicted octanol–water partition coefficient (Wildman–Crippen LogP) is 12.2. The van der Waals surface area contributed by atoms with Crippen molar-refractivity contribution in [1.82, 2.24) is 5.32 Å². The Hall–Kier alpha value is -1.86. The molecule has 0 radical (unpaired) electrons. The van der Waals surface area contributed by atoms with Crippen molar-refractivity contribution < 1.29 is 49.3 Å². The van der Waals surface area contributed by atoms with Gasteiger partial charge in [-0.2, -0.15) is 0 Å². The Kier molecular flexibility index (Phi) is 43.8. The summed E-state index contributed by atoms with van der Waals surface area (Å²) in [5.41, 5.74) is 0. The number of aliphatic hydroxyl groups excluding tert-OH is 5. The van der Waals surface area contributed by atoms with Crippen LogP contribution in [-0.4, -0.2) is 100 Å². The number of hydrogen-bond donors (Lipinski definition) is 6. The number of esters is 1. The third-order valence-electron chi connectivity index (χ3n) is 13.3. The normalized spacial score (nSPS) is 19.7. The van der Waals surface area contributed by atoms with Gasteiger partial charge in [0.05, 0.1) is 32.0 Å². The smallest absolute Gasteiger partial charge is 0.305 e. The highest BCUT2D eigenvalue weighted by molar-refractivity contribution is 5.76. The van der Waals surface area contributed by atoms with Crippen LogP contribution in [0.25, 0.3) is 0 Å². The van der Waals surface area contributed by atoms with Crippen LogP contribution in [0.2, 0.25) is 0 Å². The molecule has 1 heterocycles. The molecule has 1 fully saturated rings. The van der Waals surface area contributed by atoms with Crippen molar-refractivity contribution in [2.24, 2.45) is 0 Å². The molecule has 0 aromatic rings. The second-order valence-corrected chi connectivity index (χ2v) is 19.6. The van der Waals surface area contributed by atoms with Crippen molar-refractivity contribution in [3.8, 4) is 0 Å². The van der Waals surface area contributed by atoms with Gasteiger partial charge >= 0.3 is 5.97 Å². The molecule has 0 aromatic heterocycles. The highest BCUT2D eigenvalue weighted by atomic mass is 16.7. The number of ether oxygens (including phenoxy) is 3. The summed E-state index contributed by atoms with van der Waals surface area (Å²) in [7, 11) is 0. The molecule has 11 heteroatoms. The molecule has 1 aliphatic rings. The van der Waals surface area contributed by atoms with Crippen LogP contribution in [0, 0.1) is 0 Å². The SMILES string of the molecule is CCCCCCCCC/C=C/C(O)C(COC1OC(CO)C(O)C(O)C1O)NC(=O)CCCCCCCCC/C=C\CCCCCCCCCCOC(=O)CCCCCCCCCCCCC. The van der Waals surface area contributed by atoms with E-state index in [2.05, 4.69) is 31.3 Å². The summed E-state index contributed by atoms with van der Waals surface area (Å²) in [6, 6.07) is -0.815. The Labute approximate surface area is 410 Å². The van der Waals surface area contributed by atoms with Crippen LogP contribution in [0.3, 0.4) is 0 Å². The number of rotatable bonds is 48. The van der Waals surface area contributed by atoms with Gasteiger partial charge in [0.2, 0.25) is 5.91 Å². The number of carbonyl (C=O) groups is 2. The third kappa shape index (κ3) is 36.7.